The van der Waals surface area contributed by atoms with Gasteiger partial charge in [-0.1, -0.05) is 31.9 Å². The number of alkyl halides is 1. The van der Waals surface area contributed by atoms with E-state index >= 15 is 0 Å². The molecule has 1 aromatic rings. The number of hydrogen-bond donors (Lipinski definition) is 10. The highest BCUT2D eigenvalue weighted by molar-refractivity contribution is 7.99. The Morgan fingerprint density at radius 3 is 2.35 bits per heavy atom. The van der Waals surface area contributed by atoms with E-state index in [0.717, 1.165) is 19.4 Å². The lowest BCUT2D eigenvalue weighted by Gasteiger charge is -2.54. The topological polar surface area (TPSA) is 315 Å². The van der Waals surface area contributed by atoms with E-state index in [0.29, 0.717) is 32.4 Å². The summed E-state index contributed by atoms with van der Waals surface area (Å²) >= 11 is 7.67. The minimum atomic E-state index is -3.00. The van der Waals surface area contributed by atoms with Crippen LogP contribution in [-0.4, -0.2) is 168 Å². The van der Waals surface area contributed by atoms with Crippen LogP contribution in [0.3, 0.4) is 0 Å². The smallest absolute Gasteiger partial charge is 0.235 e. The first-order valence-corrected chi connectivity index (χ1v) is 24.5. The summed E-state index contributed by atoms with van der Waals surface area (Å²) in [6, 6.07) is 1.70. The van der Waals surface area contributed by atoms with Gasteiger partial charge in [0.15, 0.2) is 34.7 Å². The lowest BCUT2D eigenvalue weighted by molar-refractivity contribution is -0.205. The number of amides is 3. The van der Waals surface area contributed by atoms with Crippen molar-refractivity contribution in [3.8, 4) is 5.75 Å². The van der Waals surface area contributed by atoms with Gasteiger partial charge in [0.2, 0.25) is 17.7 Å². The SMILES string of the molecule is CCC1CC(C(=O)NC(C(C)Cl)C2O[C@H](SC)C(O)[C@H](O)[C@H]2O)CN(CCCCCC(=O)NCCN[C@@H]2C(=O)C(C(N)=O)C(=O)[C@@]3(O)C(=O)C4C(=O)c5c(O)cccc5[C@@](C)(O)[C@H]4C[C@@H]23)C1. The molecule has 0 radical (unpaired) electrons. The highest BCUT2D eigenvalue weighted by atomic mass is 35.5. The Labute approximate surface area is 392 Å². The number of nitrogens with zero attached hydrogens (tertiary/aromatic N) is 1. The number of nitrogens with two attached hydrogens (primary N) is 1. The number of phenolic OH excluding ortho intramolecular Hbond substituents is 1. The minimum absolute atomic E-state index is 0.0166. The fraction of sp³-hybridized carbons (Fsp3) is 0.711. The molecule has 0 bridgehead atoms. The van der Waals surface area contributed by atoms with Crippen LogP contribution in [0.15, 0.2) is 18.2 Å². The third-order valence-corrected chi connectivity index (χ3v) is 15.7. The second kappa shape index (κ2) is 21.0. The van der Waals surface area contributed by atoms with Crippen molar-refractivity contribution in [1.29, 1.82) is 0 Å². The zero-order chi connectivity index (χ0) is 48.6. The number of carbonyl (C=O) groups excluding carboxylic acids is 7. The largest absolute Gasteiger partial charge is 0.507 e. The molecule has 2 aliphatic heterocycles. The molecule has 2 heterocycles. The van der Waals surface area contributed by atoms with E-state index in [1.807, 2.05) is 0 Å². The van der Waals surface area contributed by atoms with Gasteiger partial charge in [-0.05, 0) is 69.9 Å². The number of aliphatic hydroxyl groups is 5. The number of hydrogen-bond acceptors (Lipinski definition) is 17. The van der Waals surface area contributed by atoms with Crippen molar-refractivity contribution in [3.63, 3.8) is 0 Å². The van der Waals surface area contributed by atoms with E-state index in [9.17, 15) is 64.2 Å². The summed E-state index contributed by atoms with van der Waals surface area (Å²) in [7, 11) is 0. The molecule has 4 fully saturated rings. The van der Waals surface area contributed by atoms with Crippen LogP contribution < -0.4 is 21.7 Å². The number of aliphatic hydroxyl groups excluding tert-OH is 3. The first-order valence-electron chi connectivity index (χ1n) is 22.7. The van der Waals surface area contributed by atoms with Crippen LogP contribution >= 0.6 is 23.4 Å². The van der Waals surface area contributed by atoms with Gasteiger partial charge < -0.3 is 62.0 Å². The number of Topliss-reactive ketones (excluding diaryl/α,β-unsaturated/α-hetero) is 4. The maximum Gasteiger partial charge on any atom is 0.235 e. The number of ketones is 4. The fourth-order valence-corrected chi connectivity index (χ4v) is 11.8. The second-order valence-electron chi connectivity index (χ2n) is 18.8. The Kier molecular flexibility index (Phi) is 16.5. The first-order chi connectivity index (χ1) is 31.1. The molecule has 6 rings (SSSR count). The van der Waals surface area contributed by atoms with E-state index in [2.05, 4.69) is 27.8 Å². The molecule has 8 unspecified atom stereocenters. The summed E-state index contributed by atoms with van der Waals surface area (Å²) in [4.78, 5) is 96.5. The molecule has 5 aliphatic rings. The Bertz CT molecular complexity index is 2040. The van der Waals surface area contributed by atoms with Crippen LogP contribution in [0.2, 0.25) is 0 Å². The lowest BCUT2D eigenvalue weighted by Crippen LogP contribution is -2.75. The van der Waals surface area contributed by atoms with Gasteiger partial charge in [-0.3, -0.25) is 33.6 Å². The number of thioether (sulfide) groups is 1. The predicted molar refractivity (Wildman–Crippen MR) is 239 cm³/mol. The predicted octanol–water partition coefficient (Wildman–Crippen LogP) is -1.13. The molecule has 3 amide bonds. The van der Waals surface area contributed by atoms with Gasteiger partial charge in [-0.25, -0.2) is 0 Å². The number of aromatic hydroxyl groups is 1. The van der Waals surface area contributed by atoms with Crippen molar-refractivity contribution in [2.45, 2.75) is 124 Å². The number of fused-ring (bicyclic) bond motifs is 3. The maximum atomic E-state index is 14.2. The van der Waals surface area contributed by atoms with Gasteiger partial charge in [0.25, 0.3) is 0 Å². The average molecular weight is 967 g/mol. The molecular weight excluding hydrogens is 902 g/mol. The Hall–Kier alpha value is -3.57. The molecule has 16 atom stereocenters. The van der Waals surface area contributed by atoms with E-state index in [1.165, 1.54) is 36.9 Å². The maximum absolute atomic E-state index is 14.2. The van der Waals surface area contributed by atoms with Crippen molar-refractivity contribution in [2.24, 2.45) is 41.2 Å². The van der Waals surface area contributed by atoms with Crippen LogP contribution in [0, 0.1) is 35.5 Å². The lowest BCUT2D eigenvalue weighted by atomic mass is 9.50. The number of carbonyl (C=O) groups is 7. The van der Waals surface area contributed by atoms with E-state index in [4.69, 9.17) is 22.1 Å². The average Bonchev–Trinajstić information content (AvgIpc) is 3.27. The van der Waals surface area contributed by atoms with Crippen LogP contribution in [0.4, 0.5) is 0 Å². The van der Waals surface area contributed by atoms with Crippen LogP contribution in [0.25, 0.3) is 0 Å². The number of ether oxygens (including phenoxy) is 1. The van der Waals surface area contributed by atoms with Crippen LogP contribution in [-0.2, 0) is 39.1 Å². The van der Waals surface area contributed by atoms with Crippen molar-refractivity contribution >= 4 is 64.2 Å². The monoisotopic (exact) mass is 965 g/mol. The third kappa shape index (κ3) is 9.82. The number of rotatable bonds is 17. The molecule has 0 aromatic heterocycles. The summed E-state index contributed by atoms with van der Waals surface area (Å²) < 4.78 is 5.91. The molecule has 11 N–H and O–H groups in total. The van der Waals surface area contributed by atoms with Crippen LogP contribution in [0.1, 0.15) is 81.6 Å². The molecule has 1 aromatic carbocycles. The van der Waals surface area contributed by atoms with Gasteiger partial charge in [0.1, 0.15) is 35.6 Å². The van der Waals surface area contributed by atoms with Gasteiger partial charge in [-0.15, -0.1) is 23.4 Å². The zero-order valence-corrected chi connectivity index (χ0v) is 39.1. The molecular formula is C45H64ClN5O14S. The number of phenols is 1. The Morgan fingerprint density at radius 2 is 1.70 bits per heavy atom. The molecule has 66 heavy (non-hydrogen) atoms. The molecule has 0 spiro atoms. The second-order valence-corrected chi connectivity index (χ2v) is 20.4. The van der Waals surface area contributed by atoms with Gasteiger partial charge >= 0.3 is 0 Å². The Morgan fingerprint density at radius 1 is 0.985 bits per heavy atom. The van der Waals surface area contributed by atoms with E-state index < -0.39 is 117 Å². The summed E-state index contributed by atoms with van der Waals surface area (Å²) in [5, 5.41) is 73.7. The molecule has 366 valence electrons. The number of unbranched alkanes of at least 4 members (excludes halogenated alkanes) is 2. The standard InChI is InChI=1S/C45H64ClN5O14S/c1-5-21-16-22(42(62)50-31(20(2)46)38-36(57)35(56)37(58)43(65-38)66-4)19-51(18-21)15-8-6-7-12-27(53)48-13-14-49-32-25-17-24-29(33(54)28-23(44(24,3)63)10-9-11-26(28)52)39(59)45(25,64)40(60)30(34(32)55)41(47)61/h9-11,20-22,24-25,29-32,35-38,43,49,52,56-58,63-64H,5-8,12-19H2,1-4H3,(H2,47,61)(H,48,53)(H,50,62)/t20?,21?,22?,24-,25-,29?,30?,31?,32-,35+,36+,37?,38?,43+,44+,45-/m0/s1. The normalized spacial score (nSPS) is 36.7. The number of nitrogens with one attached hydrogen (secondary N) is 3. The molecule has 2 saturated heterocycles. The van der Waals surface area contributed by atoms with Gasteiger partial charge in [0, 0.05) is 44.4 Å². The van der Waals surface area contributed by atoms with Crippen molar-refractivity contribution < 1.29 is 68.9 Å². The zero-order valence-electron chi connectivity index (χ0n) is 37.6. The Balaban J connectivity index is 0.991. The van der Waals surface area contributed by atoms with Crippen molar-refractivity contribution in [1.82, 2.24) is 20.9 Å². The minimum Gasteiger partial charge on any atom is -0.507 e. The highest BCUT2D eigenvalue weighted by Gasteiger charge is 2.71. The summed E-state index contributed by atoms with van der Waals surface area (Å²) in [6.45, 7) is 6.95. The van der Waals surface area contributed by atoms with Crippen molar-refractivity contribution in [3.05, 3.63) is 29.3 Å². The molecule has 19 nitrogen and oxygen atoms in total. The quantitative estimate of drug-likeness (QED) is 0.0502. The number of halogens is 1. The third-order valence-electron chi connectivity index (χ3n) is 14.6. The van der Waals surface area contributed by atoms with Crippen molar-refractivity contribution in [2.75, 3.05) is 39.0 Å². The summed E-state index contributed by atoms with van der Waals surface area (Å²) in [5.41, 5.74) is -0.565. The summed E-state index contributed by atoms with van der Waals surface area (Å²) in [5.74, 6) is -13.9. The molecule has 21 heteroatoms. The van der Waals surface area contributed by atoms with E-state index in [1.54, 1.807) is 13.2 Å². The number of likely N-dealkylation sites (tertiary alicyclic amines) is 1. The highest BCUT2D eigenvalue weighted by Crippen LogP contribution is 2.55. The number of benzene rings is 1. The van der Waals surface area contributed by atoms with E-state index in [-0.39, 0.29) is 60.7 Å². The molecule has 3 aliphatic carbocycles. The number of primary amides is 1. The first kappa shape index (κ1) is 51.8. The fourth-order valence-electron chi connectivity index (χ4n) is 10.9. The van der Waals surface area contributed by atoms with Gasteiger partial charge in [0.05, 0.1) is 40.5 Å². The summed E-state index contributed by atoms with van der Waals surface area (Å²) in [6.07, 6.45) is -0.272. The molecule has 2 saturated carbocycles. The number of piperidine rings is 1. The van der Waals surface area contributed by atoms with Gasteiger partial charge in [-0.2, -0.15) is 0 Å². The van der Waals surface area contributed by atoms with Crippen LogP contribution in [0.5, 0.6) is 5.75 Å².